The second kappa shape index (κ2) is 1.62. The molecule has 11 heavy (non-hydrogen) atoms. The molecule has 0 N–H and O–H groups in total. The van der Waals surface area contributed by atoms with Crippen molar-refractivity contribution in [2.75, 3.05) is 0 Å². The van der Waals surface area contributed by atoms with Crippen LogP contribution in [-0.2, 0) is 9.53 Å². The van der Waals surface area contributed by atoms with Gasteiger partial charge in [0.25, 0.3) is 0 Å². The van der Waals surface area contributed by atoms with E-state index in [1.807, 2.05) is 0 Å². The van der Waals surface area contributed by atoms with Gasteiger partial charge < -0.3 is 4.74 Å². The summed E-state index contributed by atoms with van der Waals surface area (Å²) in [5.41, 5.74) is 0.0495. The minimum absolute atomic E-state index is 0.0110. The molecule has 1 heterocycles. The maximum atomic E-state index is 11.0. The highest BCUT2D eigenvalue weighted by Crippen LogP contribution is 2.60. The zero-order chi connectivity index (χ0) is 8.28. The summed E-state index contributed by atoms with van der Waals surface area (Å²) in [6.45, 7) is 6.40. The maximum absolute atomic E-state index is 11.0. The van der Waals surface area contributed by atoms with Crippen molar-refractivity contribution in [3.63, 3.8) is 0 Å². The van der Waals surface area contributed by atoms with Gasteiger partial charge in [-0.1, -0.05) is 13.8 Å². The Kier molecular flexibility index (Phi) is 1.05. The molecule has 1 saturated carbocycles. The molecular formula is C9H14O2. The molecule has 62 valence electrons. The molecule has 0 unspecified atom stereocenters. The molecule has 0 amide bonds. The number of esters is 1. The van der Waals surface area contributed by atoms with Crippen molar-refractivity contribution in [2.24, 2.45) is 11.3 Å². The lowest BCUT2D eigenvalue weighted by atomic mass is 9.53. The summed E-state index contributed by atoms with van der Waals surface area (Å²) in [7, 11) is 0. The van der Waals surface area contributed by atoms with Crippen LogP contribution in [-0.4, -0.2) is 11.6 Å². The van der Waals surface area contributed by atoms with E-state index in [2.05, 4.69) is 20.8 Å². The molecule has 0 aromatic carbocycles. The van der Waals surface area contributed by atoms with Gasteiger partial charge in [0.15, 0.2) is 0 Å². The lowest BCUT2D eigenvalue weighted by molar-refractivity contribution is -0.185. The number of carbonyl (C=O) groups is 1. The summed E-state index contributed by atoms with van der Waals surface area (Å²) in [4.78, 5) is 11.0. The first kappa shape index (κ1) is 7.14. The molecule has 1 aliphatic heterocycles. The summed E-state index contributed by atoms with van der Waals surface area (Å²) in [5, 5.41) is 0. The fourth-order valence-electron chi connectivity index (χ4n) is 2.40. The molecule has 0 spiro atoms. The first-order valence-electron chi connectivity index (χ1n) is 4.17. The summed E-state index contributed by atoms with van der Waals surface area (Å²) < 4.78 is 5.32. The Morgan fingerprint density at radius 3 is 2.45 bits per heavy atom. The van der Waals surface area contributed by atoms with Crippen molar-refractivity contribution < 1.29 is 9.53 Å². The Morgan fingerprint density at radius 1 is 1.45 bits per heavy atom. The van der Waals surface area contributed by atoms with Crippen molar-refractivity contribution in [1.29, 1.82) is 0 Å². The summed E-state index contributed by atoms with van der Waals surface area (Å²) in [6, 6.07) is 0. The van der Waals surface area contributed by atoms with Gasteiger partial charge in [-0.25, -0.2) is 0 Å². The van der Waals surface area contributed by atoms with Crippen LogP contribution in [0, 0.1) is 11.3 Å². The first-order valence-corrected chi connectivity index (χ1v) is 4.17. The fraction of sp³-hybridized carbons (Fsp3) is 0.889. The zero-order valence-corrected chi connectivity index (χ0v) is 7.31. The van der Waals surface area contributed by atoms with Crippen LogP contribution in [0.25, 0.3) is 0 Å². The lowest BCUT2D eigenvalue weighted by Crippen LogP contribution is -2.57. The van der Waals surface area contributed by atoms with Crippen molar-refractivity contribution >= 4 is 5.97 Å². The van der Waals surface area contributed by atoms with E-state index in [0.29, 0.717) is 12.3 Å². The topological polar surface area (TPSA) is 26.3 Å². The average Bonchev–Trinajstić information content (AvgIpc) is 2.06. The van der Waals surface area contributed by atoms with Crippen molar-refractivity contribution in [2.45, 2.75) is 39.2 Å². The molecule has 0 aromatic heterocycles. The normalized spacial score (nSPS) is 46.1. The SMILES string of the molecule is CC1(C)C[C@H]2CC(=O)O[C@]21C. The summed E-state index contributed by atoms with van der Waals surface area (Å²) in [6.07, 6.45) is 1.77. The van der Waals surface area contributed by atoms with E-state index < -0.39 is 0 Å². The molecule has 2 rings (SSSR count). The number of hydrogen-bond donors (Lipinski definition) is 0. The summed E-state index contributed by atoms with van der Waals surface area (Å²) >= 11 is 0. The largest absolute Gasteiger partial charge is 0.458 e. The van der Waals surface area contributed by atoms with Gasteiger partial charge in [0.1, 0.15) is 5.60 Å². The fourth-order valence-corrected chi connectivity index (χ4v) is 2.40. The van der Waals surface area contributed by atoms with Gasteiger partial charge in [-0.2, -0.15) is 0 Å². The molecule has 2 heteroatoms. The summed E-state index contributed by atoms with van der Waals surface area (Å²) in [5.74, 6) is 0.480. The van der Waals surface area contributed by atoms with Gasteiger partial charge in [0, 0.05) is 11.3 Å². The molecule has 1 saturated heterocycles. The van der Waals surface area contributed by atoms with Crippen LogP contribution in [0.4, 0.5) is 0 Å². The number of rotatable bonds is 0. The predicted octanol–water partition coefficient (Wildman–Crippen LogP) is 1.74. The van der Waals surface area contributed by atoms with E-state index >= 15 is 0 Å². The molecule has 2 aliphatic rings. The number of hydrogen-bond acceptors (Lipinski definition) is 2. The lowest BCUT2D eigenvalue weighted by Gasteiger charge is -2.54. The van der Waals surface area contributed by atoms with E-state index in [1.54, 1.807) is 0 Å². The van der Waals surface area contributed by atoms with Gasteiger partial charge in [0.2, 0.25) is 0 Å². The third-order valence-electron chi connectivity index (χ3n) is 3.62. The highest BCUT2D eigenvalue weighted by Gasteiger charge is 2.64. The Balaban J connectivity index is 2.28. The Morgan fingerprint density at radius 2 is 2.09 bits per heavy atom. The molecule has 0 radical (unpaired) electrons. The van der Waals surface area contributed by atoms with Crippen LogP contribution in [0.3, 0.4) is 0 Å². The van der Waals surface area contributed by atoms with Crippen LogP contribution in [0.2, 0.25) is 0 Å². The molecule has 2 fully saturated rings. The third-order valence-corrected chi connectivity index (χ3v) is 3.62. The highest BCUT2D eigenvalue weighted by atomic mass is 16.6. The van der Waals surface area contributed by atoms with Crippen LogP contribution >= 0.6 is 0 Å². The van der Waals surface area contributed by atoms with Gasteiger partial charge >= 0.3 is 5.97 Å². The molecule has 2 nitrogen and oxygen atoms in total. The van der Waals surface area contributed by atoms with E-state index in [-0.39, 0.29) is 17.0 Å². The van der Waals surface area contributed by atoms with Crippen molar-refractivity contribution in [3.05, 3.63) is 0 Å². The average molecular weight is 154 g/mol. The van der Waals surface area contributed by atoms with Crippen molar-refractivity contribution in [1.82, 2.24) is 0 Å². The van der Waals surface area contributed by atoms with Crippen molar-refractivity contribution in [3.8, 4) is 0 Å². The van der Waals surface area contributed by atoms with Gasteiger partial charge in [-0.05, 0) is 13.3 Å². The highest BCUT2D eigenvalue weighted by molar-refractivity contribution is 5.73. The molecule has 1 aliphatic carbocycles. The van der Waals surface area contributed by atoms with Crippen LogP contribution in [0.15, 0.2) is 0 Å². The van der Waals surface area contributed by atoms with Crippen LogP contribution < -0.4 is 0 Å². The molecule has 0 bridgehead atoms. The molecule has 2 atom stereocenters. The maximum Gasteiger partial charge on any atom is 0.306 e. The minimum atomic E-state index is -0.149. The Bertz CT molecular complexity index is 220. The minimum Gasteiger partial charge on any atom is -0.458 e. The van der Waals surface area contributed by atoms with Crippen LogP contribution in [0.1, 0.15) is 33.6 Å². The second-order valence-electron chi connectivity index (χ2n) is 4.57. The van der Waals surface area contributed by atoms with Crippen LogP contribution in [0.5, 0.6) is 0 Å². The van der Waals surface area contributed by atoms with Gasteiger partial charge in [0.05, 0.1) is 6.42 Å². The second-order valence-corrected chi connectivity index (χ2v) is 4.57. The third kappa shape index (κ3) is 0.652. The Labute approximate surface area is 66.9 Å². The van der Waals surface area contributed by atoms with Gasteiger partial charge in [-0.15, -0.1) is 0 Å². The molecule has 0 aromatic rings. The smallest absolute Gasteiger partial charge is 0.306 e. The van der Waals surface area contributed by atoms with E-state index in [1.165, 1.54) is 0 Å². The standard InChI is InChI=1S/C9H14O2/c1-8(2)5-6-4-7(10)11-9(6,8)3/h6H,4-5H2,1-3H3/t6-,9-/m1/s1. The van der Waals surface area contributed by atoms with Gasteiger partial charge in [-0.3, -0.25) is 4.79 Å². The van der Waals surface area contributed by atoms with E-state index in [0.717, 1.165) is 6.42 Å². The number of fused-ring (bicyclic) bond motifs is 1. The zero-order valence-electron chi connectivity index (χ0n) is 7.31. The Hall–Kier alpha value is -0.530. The number of ether oxygens (including phenoxy) is 1. The number of carbonyl (C=O) groups excluding carboxylic acids is 1. The first-order chi connectivity index (χ1) is 4.96. The van der Waals surface area contributed by atoms with E-state index in [9.17, 15) is 4.79 Å². The predicted molar refractivity (Wildman–Crippen MR) is 41.0 cm³/mol. The van der Waals surface area contributed by atoms with E-state index in [4.69, 9.17) is 4.74 Å². The molecular weight excluding hydrogens is 140 g/mol. The monoisotopic (exact) mass is 154 g/mol. The quantitative estimate of drug-likeness (QED) is 0.497.